The molecule has 0 amide bonds. The molecule has 0 aliphatic carbocycles. The second kappa shape index (κ2) is 8.70. The molecule has 2 N–H and O–H groups in total. The maximum absolute atomic E-state index is 5.34. The first-order valence-corrected chi connectivity index (χ1v) is 6.41. The summed E-state index contributed by atoms with van der Waals surface area (Å²) in [5, 5.41) is 6.16. The number of rotatable bonds is 6. The number of nitrogens with one attached hydrogen (secondary N) is 2. The third kappa shape index (κ3) is 4.73. The Kier molecular flexibility index (Phi) is 6.83. The Labute approximate surface area is 120 Å². The van der Waals surface area contributed by atoms with Gasteiger partial charge in [0.15, 0.2) is 5.96 Å². The van der Waals surface area contributed by atoms with Crippen molar-refractivity contribution in [3.05, 3.63) is 23.8 Å². The molecule has 5 heteroatoms. The summed E-state index contributed by atoms with van der Waals surface area (Å²) in [6, 6.07) is 5.66. The first-order valence-electron chi connectivity index (χ1n) is 6.41. The minimum absolute atomic E-state index is 0.436. The van der Waals surface area contributed by atoms with Gasteiger partial charge in [0.1, 0.15) is 11.5 Å². The molecule has 20 heavy (non-hydrogen) atoms. The molecule has 0 spiro atoms. The molecule has 0 bridgehead atoms. The van der Waals surface area contributed by atoms with Gasteiger partial charge >= 0.3 is 0 Å². The molecule has 0 aromatic heterocycles. The van der Waals surface area contributed by atoms with Crippen molar-refractivity contribution < 1.29 is 9.47 Å². The highest BCUT2D eigenvalue weighted by Crippen LogP contribution is 2.24. The average Bonchev–Trinajstić information content (AvgIpc) is 2.49. The lowest BCUT2D eigenvalue weighted by atomic mass is 10.2. The standard InChI is InChI=1S/C15H21N3O2/c1-5-9-17-15(16-6-2)18-11-12-7-8-13(19-3)10-14(12)20-4/h1,7-8,10H,6,9,11H2,2-4H3,(H2,16,17,18). The molecule has 1 rings (SSSR count). The van der Waals surface area contributed by atoms with Crippen molar-refractivity contribution in [1.82, 2.24) is 10.6 Å². The van der Waals surface area contributed by atoms with Crippen LogP contribution in [0, 0.1) is 12.3 Å². The van der Waals surface area contributed by atoms with E-state index < -0.39 is 0 Å². The van der Waals surface area contributed by atoms with E-state index in [4.69, 9.17) is 15.9 Å². The maximum atomic E-state index is 5.34. The highest BCUT2D eigenvalue weighted by atomic mass is 16.5. The first-order chi connectivity index (χ1) is 9.74. The topological polar surface area (TPSA) is 54.9 Å². The van der Waals surface area contributed by atoms with Crippen LogP contribution in [0.15, 0.2) is 23.2 Å². The Morgan fingerprint density at radius 2 is 2.10 bits per heavy atom. The zero-order valence-corrected chi connectivity index (χ0v) is 12.2. The van der Waals surface area contributed by atoms with Crippen LogP contribution in [0.1, 0.15) is 12.5 Å². The molecule has 0 aliphatic rings. The smallest absolute Gasteiger partial charge is 0.192 e. The number of benzene rings is 1. The fraction of sp³-hybridized carbons (Fsp3) is 0.400. The number of methoxy groups -OCH3 is 2. The van der Waals surface area contributed by atoms with Gasteiger partial charge in [0.05, 0.1) is 27.3 Å². The van der Waals surface area contributed by atoms with E-state index in [2.05, 4.69) is 21.5 Å². The lowest BCUT2D eigenvalue weighted by Gasteiger charge is -2.11. The fourth-order valence-electron chi connectivity index (χ4n) is 1.62. The maximum Gasteiger partial charge on any atom is 0.192 e. The normalized spacial score (nSPS) is 10.6. The number of nitrogens with zero attached hydrogens (tertiary/aromatic N) is 1. The summed E-state index contributed by atoms with van der Waals surface area (Å²) in [5.74, 6) is 4.71. The minimum atomic E-state index is 0.436. The highest BCUT2D eigenvalue weighted by Gasteiger charge is 2.05. The molecule has 0 fully saturated rings. The summed E-state index contributed by atoms with van der Waals surface area (Å²) in [4.78, 5) is 4.46. The Bertz CT molecular complexity index is 492. The fourth-order valence-corrected chi connectivity index (χ4v) is 1.62. The average molecular weight is 275 g/mol. The Morgan fingerprint density at radius 3 is 2.70 bits per heavy atom. The van der Waals surface area contributed by atoms with Crippen LogP contribution in [-0.4, -0.2) is 33.3 Å². The Balaban J connectivity index is 2.82. The van der Waals surface area contributed by atoms with Crippen LogP contribution < -0.4 is 20.1 Å². The minimum Gasteiger partial charge on any atom is -0.497 e. The molecule has 0 heterocycles. The van der Waals surface area contributed by atoms with E-state index in [9.17, 15) is 0 Å². The van der Waals surface area contributed by atoms with Crippen LogP contribution in [0.2, 0.25) is 0 Å². The Morgan fingerprint density at radius 1 is 1.30 bits per heavy atom. The number of guanidine groups is 1. The molecule has 0 unspecified atom stereocenters. The zero-order chi connectivity index (χ0) is 14.8. The summed E-state index contributed by atoms with van der Waals surface area (Å²) < 4.78 is 10.5. The van der Waals surface area contributed by atoms with Gasteiger partial charge in [-0.25, -0.2) is 4.99 Å². The van der Waals surface area contributed by atoms with Gasteiger partial charge in [0, 0.05) is 18.2 Å². The second-order valence-corrected chi connectivity index (χ2v) is 3.93. The molecule has 0 saturated heterocycles. The van der Waals surface area contributed by atoms with Crippen molar-refractivity contribution in [2.75, 3.05) is 27.3 Å². The van der Waals surface area contributed by atoms with Gasteiger partial charge < -0.3 is 20.1 Å². The van der Waals surface area contributed by atoms with Crippen LogP contribution in [0.25, 0.3) is 0 Å². The molecule has 0 atom stereocenters. The third-order valence-electron chi connectivity index (χ3n) is 2.60. The molecule has 0 aliphatic heterocycles. The van der Waals surface area contributed by atoms with Crippen LogP contribution in [0.5, 0.6) is 11.5 Å². The molecule has 108 valence electrons. The van der Waals surface area contributed by atoms with Gasteiger partial charge in [-0.2, -0.15) is 0 Å². The molecule has 5 nitrogen and oxygen atoms in total. The van der Waals surface area contributed by atoms with E-state index in [-0.39, 0.29) is 0 Å². The summed E-state index contributed by atoms with van der Waals surface area (Å²) in [7, 11) is 3.25. The van der Waals surface area contributed by atoms with E-state index in [1.165, 1.54) is 0 Å². The molecular formula is C15H21N3O2. The monoisotopic (exact) mass is 275 g/mol. The van der Waals surface area contributed by atoms with E-state index in [1.807, 2.05) is 25.1 Å². The van der Waals surface area contributed by atoms with Gasteiger partial charge in [-0.15, -0.1) is 6.42 Å². The van der Waals surface area contributed by atoms with E-state index in [0.717, 1.165) is 23.6 Å². The Hall–Kier alpha value is -2.35. The summed E-state index contributed by atoms with van der Waals surface area (Å²) in [6.45, 7) is 3.70. The molecule has 1 aromatic carbocycles. The van der Waals surface area contributed by atoms with Gasteiger partial charge in [-0.3, -0.25) is 0 Å². The third-order valence-corrected chi connectivity index (χ3v) is 2.60. The predicted octanol–water partition coefficient (Wildman–Crippen LogP) is 1.39. The van der Waals surface area contributed by atoms with E-state index in [1.54, 1.807) is 14.2 Å². The van der Waals surface area contributed by atoms with Gasteiger partial charge in [-0.05, 0) is 19.1 Å². The van der Waals surface area contributed by atoms with E-state index >= 15 is 0 Å². The lowest BCUT2D eigenvalue weighted by molar-refractivity contribution is 0.391. The summed E-state index contributed by atoms with van der Waals surface area (Å²) >= 11 is 0. The van der Waals surface area contributed by atoms with Crippen molar-refractivity contribution >= 4 is 5.96 Å². The second-order valence-electron chi connectivity index (χ2n) is 3.93. The summed E-state index contributed by atoms with van der Waals surface area (Å²) in [5.41, 5.74) is 0.978. The number of hydrogen-bond donors (Lipinski definition) is 2. The number of aliphatic imine (C=N–C) groups is 1. The number of ether oxygens (including phenoxy) is 2. The van der Waals surface area contributed by atoms with Crippen LogP contribution in [0.4, 0.5) is 0 Å². The van der Waals surface area contributed by atoms with Gasteiger partial charge in [-0.1, -0.05) is 5.92 Å². The SMILES string of the molecule is C#CCNC(=NCc1ccc(OC)cc1OC)NCC. The quantitative estimate of drug-likeness (QED) is 0.468. The molecule has 1 aromatic rings. The van der Waals surface area contributed by atoms with Gasteiger partial charge in [0.25, 0.3) is 0 Å². The summed E-state index contributed by atoms with van der Waals surface area (Å²) in [6.07, 6.45) is 5.23. The van der Waals surface area contributed by atoms with Crippen molar-refractivity contribution in [3.8, 4) is 23.8 Å². The molecule has 0 radical (unpaired) electrons. The van der Waals surface area contributed by atoms with E-state index in [0.29, 0.717) is 19.0 Å². The van der Waals surface area contributed by atoms with Crippen molar-refractivity contribution in [2.45, 2.75) is 13.5 Å². The number of terminal acetylenes is 1. The highest BCUT2D eigenvalue weighted by molar-refractivity contribution is 5.80. The zero-order valence-electron chi connectivity index (χ0n) is 12.2. The lowest BCUT2D eigenvalue weighted by Crippen LogP contribution is -2.37. The number of hydrogen-bond acceptors (Lipinski definition) is 3. The van der Waals surface area contributed by atoms with Crippen LogP contribution in [-0.2, 0) is 6.54 Å². The molecule has 0 saturated carbocycles. The van der Waals surface area contributed by atoms with Crippen LogP contribution in [0.3, 0.4) is 0 Å². The molecular weight excluding hydrogens is 254 g/mol. The van der Waals surface area contributed by atoms with Crippen molar-refractivity contribution in [3.63, 3.8) is 0 Å². The van der Waals surface area contributed by atoms with Crippen molar-refractivity contribution in [2.24, 2.45) is 4.99 Å². The van der Waals surface area contributed by atoms with Gasteiger partial charge in [0.2, 0.25) is 0 Å². The largest absolute Gasteiger partial charge is 0.497 e. The van der Waals surface area contributed by atoms with Crippen molar-refractivity contribution in [1.29, 1.82) is 0 Å². The predicted molar refractivity (Wildman–Crippen MR) is 81.2 cm³/mol. The van der Waals surface area contributed by atoms with Crippen LogP contribution >= 0.6 is 0 Å². The first kappa shape index (κ1) is 15.7.